The van der Waals surface area contributed by atoms with Crippen molar-refractivity contribution in [3.8, 4) is 11.8 Å². The average Bonchev–Trinajstić information content (AvgIpc) is 2.83. The second-order valence-electron chi connectivity index (χ2n) is 4.63. The first-order valence-electron chi connectivity index (χ1n) is 6.26. The molecule has 25 heavy (non-hydrogen) atoms. The van der Waals surface area contributed by atoms with Gasteiger partial charge in [0.15, 0.2) is 5.69 Å². The van der Waals surface area contributed by atoms with Crippen LogP contribution < -0.4 is 5.32 Å². The van der Waals surface area contributed by atoms with Crippen molar-refractivity contribution in [2.45, 2.75) is 12.4 Å². The minimum Gasteiger partial charge on any atom is -0.372 e. The van der Waals surface area contributed by atoms with Crippen LogP contribution in [0.1, 0.15) is 16.8 Å². The Labute approximate surface area is 146 Å². The number of hydrogen-bond donors (Lipinski definition) is 1. The molecule has 134 valence electrons. The van der Waals surface area contributed by atoms with Gasteiger partial charge in [0.2, 0.25) is 0 Å². The summed E-state index contributed by atoms with van der Waals surface area (Å²) in [5, 5.41) is 13.4. The highest BCUT2D eigenvalue weighted by Crippen LogP contribution is 2.41. The number of benzene rings is 1. The Bertz CT molecular complexity index is 840. The first-order valence-corrected chi connectivity index (χ1v) is 7.02. The van der Waals surface area contributed by atoms with Crippen LogP contribution in [0, 0.1) is 11.3 Å². The standard InChI is InChI=1S/C13H6Cl2F6N4/c1-23-11-6(4-22)10(13(19,20)21)24-25(11)9-7(14)2-5(3-8(9)15)12(16,17)18/h2-3,23H,1H3. The van der Waals surface area contributed by atoms with E-state index in [0.717, 1.165) is 0 Å². The van der Waals surface area contributed by atoms with Gasteiger partial charge in [-0.25, -0.2) is 4.68 Å². The number of nitrogens with zero attached hydrogens (tertiary/aromatic N) is 3. The van der Waals surface area contributed by atoms with Crippen LogP contribution in [-0.2, 0) is 12.4 Å². The summed E-state index contributed by atoms with van der Waals surface area (Å²) < 4.78 is 77.9. The summed E-state index contributed by atoms with van der Waals surface area (Å²) in [7, 11) is 1.21. The van der Waals surface area contributed by atoms with Gasteiger partial charge in [-0.15, -0.1) is 0 Å². The van der Waals surface area contributed by atoms with Crippen LogP contribution in [0.2, 0.25) is 10.0 Å². The van der Waals surface area contributed by atoms with Crippen molar-refractivity contribution in [1.29, 1.82) is 5.26 Å². The molecular weight excluding hydrogens is 397 g/mol. The quantitative estimate of drug-likeness (QED) is 0.708. The Morgan fingerprint density at radius 2 is 1.60 bits per heavy atom. The molecule has 0 radical (unpaired) electrons. The SMILES string of the molecule is CNc1c(C#N)c(C(F)(F)F)nn1-c1c(Cl)cc(C(F)(F)F)cc1Cl. The highest BCUT2D eigenvalue weighted by atomic mass is 35.5. The van der Waals surface area contributed by atoms with Gasteiger partial charge in [0.1, 0.15) is 23.1 Å². The summed E-state index contributed by atoms with van der Waals surface area (Å²) in [6.07, 6.45) is -9.72. The molecule has 0 aliphatic carbocycles. The van der Waals surface area contributed by atoms with E-state index in [1.54, 1.807) is 0 Å². The zero-order valence-corrected chi connectivity index (χ0v) is 13.5. The normalized spacial score (nSPS) is 12.2. The first-order chi connectivity index (χ1) is 11.4. The van der Waals surface area contributed by atoms with E-state index < -0.39 is 50.7 Å². The summed E-state index contributed by atoms with van der Waals surface area (Å²) in [4.78, 5) is 0. The van der Waals surface area contributed by atoms with Crippen molar-refractivity contribution in [3.05, 3.63) is 39.0 Å². The molecule has 0 bridgehead atoms. The number of aromatic nitrogens is 2. The molecule has 0 fully saturated rings. The molecule has 1 N–H and O–H groups in total. The van der Waals surface area contributed by atoms with Crippen molar-refractivity contribution >= 4 is 29.0 Å². The van der Waals surface area contributed by atoms with Crippen molar-refractivity contribution in [3.63, 3.8) is 0 Å². The first kappa shape index (κ1) is 19.2. The van der Waals surface area contributed by atoms with Crippen LogP contribution in [0.5, 0.6) is 0 Å². The molecule has 4 nitrogen and oxygen atoms in total. The monoisotopic (exact) mass is 402 g/mol. The molecule has 2 rings (SSSR count). The molecule has 0 atom stereocenters. The lowest BCUT2D eigenvalue weighted by Gasteiger charge is -2.14. The number of hydrogen-bond acceptors (Lipinski definition) is 3. The third-order valence-corrected chi connectivity index (χ3v) is 3.63. The van der Waals surface area contributed by atoms with Gasteiger partial charge in [-0.1, -0.05) is 23.2 Å². The van der Waals surface area contributed by atoms with Gasteiger partial charge in [-0.3, -0.25) is 0 Å². The maximum absolute atomic E-state index is 13.0. The van der Waals surface area contributed by atoms with Crippen molar-refractivity contribution in [2.75, 3.05) is 12.4 Å². The van der Waals surface area contributed by atoms with E-state index in [4.69, 9.17) is 28.5 Å². The van der Waals surface area contributed by atoms with Gasteiger partial charge in [-0.2, -0.15) is 36.7 Å². The van der Waals surface area contributed by atoms with E-state index in [9.17, 15) is 26.3 Å². The summed E-state index contributed by atoms with van der Waals surface area (Å²) in [5.74, 6) is -0.418. The Hall–Kier alpha value is -2.12. The van der Waals surface area contributed by atoms with Crippen molar-refractivity contribution in [1.82, 2.24) is 9.78 Å². The summed E-state index contributed by atoms with van der Waals surface area (Å²) in [6.45, 7) is 0. The van der Waals surface area contributed by atoms with Crippen LogP contribution in [0.15, 0.2) is 12.1 Å². The van der Waals surface area contributed by atoms with E-state index in [0.29, 0.717) is 16.8 Å². The average molecular weight is 403 g/mol. The lowest BCUT2D eigenvalue weighted by molar-refractivity contribution is -0.141. The largest absolute Gasteiger partial charge is 0.436 e. The number of anilines is 1. The van der Waals surface area contributed by atoms with Gasteiger partial charge in [-0.05, 0) is 12.1 Å². The van der Waals surface area contributed by atoms with Gasteiger partial charge in [0, 0.05) is 7.05 Å². The fraction of sp³-hybridized carbons (Fsp3) is 0.231. The zero-order chi connectivity index (χ0) is 19.2. The third-order valence-electron chi connectivity index (χ3n) is 3.06. The van der Waals surface area contributed by atoms with Crippen LogP contribution in [0.4, 0.5) is 32.2 Å². The van der Waals surface area contributed by atoms with E-state index in [2.05, 4.69) is 10.4 Å². The van der Waals surface area contributed by atoms with E-state index in [1.165, 1.54) is 13.1 Å². The molecule has 0 saturated heterocycles. The number of rotatable bonds is 2. The maximum atomic E-state index is 13.0. The maximum Gasteiger partial charge on any atom is 0.436 e. The molecule has 0 aliphatic rings. The van der Waals surface area contributed by atoms with Crippen LogP contribution >= 0.6 is 23.2 Å². The minimum atomic E-state index is -4.97. The molecule has 0 unspecified atom stereocenters. The van der Waals surface area contributed by atoms with E-state index >= 15 is 0 Å². The predicted octanol–water partition coefficient (Wildman–Crippen LogP) is 5.13. The lowest BCUT2D eigenvalue weighted by Crippen LogP contribution is -2.10. The Morgan fingerprint density at radius 1 is 1.08 bits per heavy atom. The zero-order valence-electron chi connectivity index (χ0n) is 12.0. The van der Waals surface area contributed by atoms with Gasteiger partial charge < -0.3 is 5.32 Å². The molecular formula is C13H6Cl2F6N4. The number of halogens is 8. The van der Waals surface area contributed by atoms with Gasteiger partial charge in [0.25, 0.3) is 0 Å². The second-order valence-corrected chi connectivity index (χ2v) is 5.44. The molecule has 1 aromatic heterocycles. The van der Waals surface area contributed by atoms with Crippen LogP contribution in [0.25, 0.3) is 5.69 Å². The van der Waals surface area contributed by atoms with Crippen molar-refractivity contribution in [2.24, 2.45) is 0 Å². The minimum absolute atomic E-state index is 0.418. The highest BCUT2D eigenvalue weighted by Gasteiger charge is 2.40. The molecule has 0 aliphatic heterocycles. The fourth-order valence-electron chi connectivity index (χ4n) is 2.05. The van der Waals surface area contributed by atoms with Gasteiger partial charge in [0.05, 0.1) is 15.6 Å². The molecule has 1 heterocycles. The Balaban J connectivity index is 2.80. The number of alkyl halides is 6. The molecule has 0 spiro atoms. The van der Waals surface area contributed by atoms with E-state index in [-0.39, 0.29) is 0 Å². The summed E-state index contributed by atoms with van der Waals surface area (Å²) in [6, 6.07) is 2.36. The van der Waals surface area contributed by atoms with Crippen LogP contribution in [-0.4, -0.2) is 16.8 Å². The molecule has 2 aromatic rings. The topological polar surface area (TPSA) is 53.6 Å². The van der Waals surface area contributed by atoms with Crippen LogP contribution in [0.3, 0.4) is 0 Å². The Morgan fingerprint density at radius 3 is 1.96 bits per heavy atom. The number of nitrogens with one attached hydrogen (secondary N) is 1. The third kappa shape index (κ3) is 3.48. The molecule has 0 saturated carbocycles. The lowest BCUT2D eigenvalue weighted by atomic mass is 10.2. The molecule has 0 amide bonds. The van der Waals surface area contributed by atoms with Gasteiger partial charge >= 0.3 is 12.4 Å². The Kier molecular flexibility index (Phi) is 4.85. The van der Waals surface area contributed by atoms with Crippen molar-refractivity contribution < 1.29 is 26.3 Å². The molecule has 12 heteroatoms. The smallest absolute Gasteiger partial charge is 0.372 e. The molecule has 1 aromatic carbocycles. The summed E-state index contributed by atoms with van der Waals surface area (Å²) in [5.41, 5.74) is -3.97. The number of nitriles is 1. The summed E-state index contributed by atoms with van der Waals surface area (Å²) >= 11 is 11.6. The highest BCUT2D eigenvalue weighted by molar-refractivity contribution is 6.38. The predicted molar refractivity (Wildman–Crippen MR) is 77.8 cm³/mol. The van der Waals surface area contributed by atoms with E-state index in [1.807, 2.05) is 0 Å². The second kappa shape index (κ2) is 6.31. The fourth-order valence-corrected chi connectivity index (χ4v) is 2.69.